The van der Waals surface area contributed by atoms with Gasteiger partial charge < -0.3 is 21.3 Å². The molecule has 2 aliphatic carbocycles. The molecular formula is C30H39N9O4S2. The molecule has 3 aromatic rings. The van der Waals surface area contributed by atoms with Gasteiger partial charge in [0.15, 0.2) is 21.3 Å². The lowest BCUT2D eigenvalue weighted by atomic mass is 9.85. The molecule has 0 spiro atoms. The van der Waals surface area contributed by atoms with Crippen LogP contribution in [0.5, 0.6) is 0 Å². The Labute approximate surface area is 264 Å². The highest BCUT2D eigenvalue weighted by Gasteiger charge is 2.38. The zero-order valence-electron chi connectivity index (χ0n) is 25.6. The van der Waals surface area contributed by atoms with Gasteiger partial charge in [-0.1, -0.05) is 0 Å². The Morgan fingerprint density at radius 3 is 2.44 bits per heavy atom. The molecule has 4 heterocycles. The van der Waals surface area contributed by atoms with Gasteiger partial charge in [-0.2, -0.15) is 9.19 Å². The molecule has 3 aromatic heterocycles. The molecule has 15 heteroatoms. The lowest BCUT2D eigenvalue weighted by Crippen LogP contribution is -2.50. The predicted molar refractivity (Wildman–Crippen MR) is 170 cm³/mol. The van der Waals surface area contributed by atoms with E-state index in [9.17, 15) is 16.8 Å². The van der Waals surface area contributed by atoms with Gasteiger partial charge in [0.2, 0.25) is 0 Å². The SMILES string of the molecule is CN(C)CC1CCC(NC2=CC(N)(c3ccnc(-c4cnn(S(=O)(=O)C5CC5)c4)n3)NC=C2c2ccc(S(C)(=O)=O)cn2)CC1. The van der Waals surface area contributed by atoms with E-state index in [1.807, 2.05) is 6.08 Å². The van der Waals surface area contributed by atoms with Crippen molar-refractivity contribution in [2.24, 2.45) is 11.7 Å². The van der Waals surface area contributed by atoms with Crippen molar-refractivity contribution in [3.63, 3.8) is 0 Å². The average molecular weight is 654 g/mol. The van der Waals surface area contributed by atoms with Crippen molar-refractivity contribution >= 4 is 25.4 Å². The third-order valence-corrected chi connectivity index (χ3v) is 11.6. The van der Waals surface area contributed by atoms with E-state index >= 15 is 0 Å². The van der Waals surface area contributed by atoms with Gasteiger partial charge in [-0.3, -0.25) is 4.98 Å². The van der Waals surface area contributed by atoms with E-state index in [-0.39, 0.29) is 10.9 Å². The monoisotopic (exact) mass is 653 g/mol. The highest BCUT2D eigenvalue weighted by Crippen LogP contribution is 2.33. The molecule has 3 aliphatic rings. The van der Waals surface area contributed by atoms with Crippen LogP contribution in [0.1, 0.15) is 49.9 Å². The van der Waals surface area contributed by atoms with Gasteiger partial charge in [-0.15, -0.1) is 0 Å². The number of nitrogens with zero attached hydrogens (tertiary/aromatic N) is 6. The fraction of sp³-hybridized carbons (Fsp3) is 0.467. The Morgan fingerprint density at radius 2 is 1.80 bits per heavy atom. The van der Waals surface area contributed by atoms with Crippen LogP contribution < -0.4 is 16.4 Å². The Bertz CT molecular complexity index is 1840. The number of hydrogen-bond acceptors (Lipinski definition) is 12. The summed E-state index contributed by atoms with van der Waals surface area (Å²) < 4.78 is 50.4. The van der Waals surface area contributed by atoms with Crippen LogP contribution in [-0.4, -0.2) is 84.1 Å². The molecular weight excluding hydrogens is 615 g/mol. The summed E-state index contributed by atoms with van der Waals surface area (Å²) in [5.41, 5.74) is 8.74. The smallest absolute Gasteiger partial charge is 0.256 e. The van der Waals surface area contributed by atoms with Gasteiger partial charge in [0.05, 0.1) is 39.5 Å². The van der Waals surface area contributed by atoms with Crippen LogP contribution in [0, 0.1) is 5.92 Å². The number of pyridine rings is 1. The summed E-state index contributed by atoms with van der Waals surface area (Å²) in [6.07, 6.45) is 16.1. The van der Waals surface area contributed by atoms with Gasteiger partial charge in [-0.25, -0.2) is 26.8 Å². The molecule has 4 N–H and O–H groups in total. The quantitative estimate of drug-likeness (QED) is 0.290. The molecule has 2 fully saturated rings. The zero-order chi connectivity index (χ0) is 32.0. The average Bonchev–Trinajstić information content (AvgIpc) is 3.75. The first kappa shape index (κ1) is 31.3. The highest BCUT2D eigenvalue weighted by atomic mass is 32.2. The van der Waals surface area contributed by atoms with E-state index < -0.39 is 30.8 Å². The normalized spacial score (nSPS) is 24.1. The molecule has 0 aromatic carbocycles. The fourth-order valence-corrected chi connectivity index (χ4v) is 7.92. The van der Waals surface area contributed by atoms with Crippen LogP contribution in [0.4, 0.5) is 0 Å². The summed E-state index contributed by atoms with van der Waals surface area (Å²) in [6, 6.07) is 5.16. The minimum absolute atomic E-state index is 0.142. The number of allylic oxidation sites excluding steroid dienone is 1. The highest BCUT2D eigenvalue weighted by molar-refractivity contribution is 7.91. The third kappa shape index (κ3) is 6.81. The molecule has 1 unspecified atom stereocenters. The maximum atomic E-state index is 12.7. The van der Waals surface area contributed by atoms with Crippen molar-refractivity contribution in [2.75, 3.05) is 26.9 Å². The molecule has 2 saturated carbocycles. The van der Waals surface area contributed by atoms with Crippen LogP contribution in [0.3, 0.4) is 0 Å². The van der Waals surface area contributed by atoms with Gasteiger partial charge in [0.25, 0.3) is 10.0 Å². The molecule has 1 atom stereocenters. The number of hydrogen-bond donors (Lipinski definition) is 3. The number of sulfone groups is 1. The minimum Gasteiger partial charge on any atom is -0.382 e. The van der Waals surface area contributed by atoms with Crippen molar-refractivity contribution < 1.29 is 16.8 Å². The first-order chi connectivity index (χ1) is 21.3. The van der Waals surface area contributed by atoms with Gasteiger partial charge in [-0.05, 0) is 82.8 Å². The van der Waals surface area contributed by atoms with Crippen LogP contribution >= 0.6 is 0 Å². The number of dihydropyridines is 1. The molecule has 13 nitrogen and oxygen atoms in total. The largest absolute Gasteiger partial charge is 0.382 e. The van der Waals surface area contributed by atoms with E-state index in [1.165, 1.54) is 18.6 Å². The van der Waals surface area contributed by atoms with Crippen molar-refractivity contribution in [1.82, 2.24) is 39.7 Å². The molecule has 0 amide bonds. The van der Waals surface area contributed by atoms with E-state index in [2.05, 4.69) is 44.7 Å². The Morgan fingerprint density at radius 1 is 1.04 bits per heavy atom. The maximum Gasteiger partial charge on any atom is 0.256 e. The van der Waals surface area contributed by atoms with Crippen molar-refractivity contribution in [2.45, 2.75) is 60.4 Å². The van der Waals surface area contributed by atoms with Crippen molar-refractivity contribution in [1.29, 1.82) is 0 Å². The lowest BCUT2D eigenvalue weighted by molar-refractivity contribution is 0.240. The standard InChI is InChI=1S/C30H39N9O4S2/c1-38(2)18-20-4-6-22(7-5-20)36-27-14-30(31,34-17-25(27)26-11-10-24(16-33-26)44(3,40)41)28-12-13-32-29(37-28)21-15-35-39(19-21)45(42,43)23-8-9-23/h10-17,19-20,22-23,34,36H,4-9,18,31H2,1-3H3. The van der Waals surface area contributed by atoms with E-state index in [1.54, 1.807) is 30.6 Å². The predicted octanol–water partition coefficient (Wildman–Crippen LogP) is 1.83. The molecule has 1 aliphatic heterocycles. The van der Waals surface area contributed by atoms with Gasteiger partial charge in [0, 0.05) is 48.7 Å². The van der Waals surface area contributed by atoms with Crippen molar-refractivity contribution in [3.05, 3.63) is 72.3 Å². The topological polar surface area (TPSA) is 178 Å². The molecule has 0 radical (unpaired) electrons. The number of nitrogens with one attached hydrogen (secondary N) is 2. The van der Waals surface area contributed by atoms with E-state index in [4.69, 9.17) is 10.7 Å². The van der Waals surface area contributed by atoms with Gasteiger partial charge in [0.1, 0.15) is 0 Å². The van der Waals surface area contributed by atoms with Crippen molar-refractivity contribution in [3.8, 4) is 11.4 Å². The number of rotatable bonds is 10. The van der Waals surface area contributed by atoms with E-state index in [0.29, 0.717) is 41.5 Å². The zero-order valence-corrected chi connectivity index (χ0v) is 27.2. The number of aromatic nitrogens is 5. The summed E-state index contributed by atoms with van der Waals surface area (Å²) in [4.78, 5) is 15.9. The number of nitrogens with two attached hydrogens (primary N) is 1. The Balaban J connectivity index is 1.30. The summed E-state index contributed by atoms with van der Waals surface area (Å²) in [5, 5.41) is 10.6. The Kier molecular flexibility index (Phi) is 8.31. The fourth-order valence-electron chi connectivity index (χ4n) is 5.89. The second kappa shape index (κ2) is 11.9. The molecule has 45 heavy (non-hydrogen) atoms. The van der Waals surface area contributed by atoms with Gasteiger partial charge >= 0.3 is 0 Å². The molecule has 0 bridgehead atoms. The third-order valence-electron chi connectivity index (χ3n) is 8.49. The summed E-state index contributed by atoms with van der Waals surface area (Å²) >= 11 is 0. The first-order valence-corrected chi connectivity index (χ1v) is 18.4. The first-order valence-electron chi connectivity index (χ1n) is 15.0. The van der Waals surface area contributed by atoms with Crippen LogP contribution in [-0.2, 0) is 25.5 Å². The minimum atomic E-state index is -3.52. The second-order valence-electron chi connectivity index (χ2n) is 12.5. The second-order valence-corrected chi connectivity index (χ2v) is 16.6. The molecule has 240 valence electrons. The summed E-state index contributed by atoms with van der Waals surface area (Å²) in [5.74, 6) is 0.947. The maximum absolute atomic E-state index is 12.7. The molecule has 0 saturated heterocycles. The van der Waals surface area contributed by atoms with Crippen LogP contribution in [0.15, 0.2) is 65.9 Å². The lowest BCUT2D eigenvalue weighted by Gasteiger charge is -2.36. The summed E-state index contributed by atoms with van der Waals surface area (Å²) in [7, 11) is -2.72. The summed E-state index contributed by atoms with van der Waals surface area (Å²) in [6.45, 7) is 1.06. The van der Waals surface area contributed by atoms with E-state index in [0.717, 1.165) is 53.8 Å². The van der Waals surface area contributed by atoms with Crippen LogP contribution in [0.25, 0.3) is 17.0 Å². The Hall–Kier alpha value is -3.66. The van der Waals surface area contributed by atoms with Crippen LogP contribution in [0.2, 0.25) is 0 Å². The molecule has 6 rings (SSSR count).